The van der Waals surface area contributed by atoms with Gasteiger partial charge in [0.15, 0.2) is 0 Å². The number of hydrogen-bond donors (Lipinski definition) is 0. The zero-order chi connectivity index (χ0) is 11.3. The van der Waals surface area contributed by atoms with Gasteiger partial charge in [-0.1, -0.05) is 24.3 Å². The van der Waals surface area contributed by atoms with E-state index in [9.17, 15) is 9.59 Å². The molecule has 78 valence electrons. The van der Waals surface area contributed by atoms with Crippen LogP contribution < -0.4 is 0 Å². The van der Waals surface area contributed by atoms with Crippen LogP contribution in [0.25, 0.3) is 6.08 Å². The largest absolute Gasteiger partial charge is 0.345 e. The summed E-state index contributed by atoms with van der Waals surface area (Å²) >= 11 is 0. The Balaban J connectivity index is 2.73. The highest BCUT2D eigenvalue weighted by Crippen LogP contribution is 2.04. The second-order valence-corrected chi connectivity index (χ2v) is 3.35. The predicted molar refractivity (Wildman–Crippen MR) is 59.6 cm³/mol. The molecule has 0 aliphatic carbocycles. The quantitative estimate of drug-likeness (QED) is 0.552. The third kappa shape index (κ3) is 3.38. The van der Waals surface area contributed by atoms with Gasteiger partial charge in [0.05, 0.1) is 0 Å². The normalized spacial score (nSPS) is 10.3. The van der Waals surface area contributed by atoms with Gasteiger partial charge in [-0.2, -0.15) is 0 Å². The van der Waals surface area contributed by atoms with Crippen LogP contribution in [0, 0.1) is 0 Å². The van der Waals surface area contributed by atoms with Crippen LogP contribution in [-0.2, 0) is 4.79 Å². The Labute approximate surface area is 89.0 Å². The Bertz CT molecular complexity index is 377. The molecule has 1 aromatic rings. The van der Waals surface area contributed by atoms with Crippen LogP contribution >= 0.6 is 0 Å². The minimum atomic E-state index is -0.0607. The summed E-state index contributed by atoms with van der Waals surface area (Å²) in [5.74, 6) is -0.0607. The number of benzene rings is 1. The Morgan fingerprint density at radius 1 is 1.13 bits per heavy atom. The molecule has 0 saturated carbocycles. The highest BCUT2D eigenvalue weighted by Gasteiger charge is 1.96. The summed E-state index contributed by atoms with van der Waals surface area (Å²) in [6, 6.07) is 7.02. The molecule has 0 radical (unpaired) electrons. The number of hydrogen-bond acceptors (Lipinski definition) is 2. The summed E-state index contributed by atoms with van der Waals surface area (Å²) in [6.07, 6.45) is 4.01. The number of nitrogens with zero attached hydrogens (tertiary/aromatic N) is 1. The van der Waals surface area contributed by atoms with E-state index in [1.54, 1.807) is 44.4 Å². The van der Waals surface area contributed by atoms with Crippen molar-refractivity contribution in [2.45, 2.75) is 0 Å². The van der Waals surface area contributed by atoms with E-state index in [4.69, 9.17) is 0 Å². The van der Waals surface area contributed by atoms with E-state index in [1.807, 2.05) is 0 Å². The van der Waals surface area contributed by atoms with Crippen LogP contribution in [0.2, 0.25) is 0 Å². The topological polar surface area (TPSA) is 37.4 Å². The first kappa shape index (κ1) is 11.2. The molecular formula is C12H13NO2. The average Bonchev–Trinajstić information content (AvgIpc) is 2.26. The fraction of sp³-hybridized carbons (Fsp3) is 0.167. The molecule has 0 fully saturated rings. The molecule has 3 nitrogen and oxygen atoms in total. The number of carbonyl (C=O) groups excluding carboxylic acids is 2. The minimum Gasteiger partial charge on any atom is -0.345 e. The van der Waals surface area contributed by atoms with Crippen LogP contribution in [0.4, 0.5) is 0 Å². The lowest BCUT2D eigenvalue weighted by Gasteiger charge is -2.04. The van der Waals surface area contributed by atoms with Crippen LogP contribution in [0.3, 0.4) is 0 Å². The molecule has 0 bridgehead atoms. The van der Waals surface area contributed by atoms with Gasteiger partial charge in [-0.3, -0.25) is 9.59 Å². The molecule has 0 heterocycles. The van der Waals surface area contributed by atoms with Gasteiger partial charge >= 0.3 is 0 Å². The van der Waals surface area contributed by atoms with E-state index in [2.05, 4.69) is 0 Å². The average molecular weight is 203 g/mol. The van der Waals surface area contributed by atoms with E-state index in [1.165, 1.54) is 11.0 Å². The van der Waals surface area contributed by atoms with Crippen molar-refractivity contribution >= 4 is 18.3 Å². The first-order chi connectivity index (χ1) is 7.13. The molecular weight excluding hydrogens is 190 g/mol. The molecule has 0 aromatic heterocycles. The summed E-state index contributed by atoms with van der Waals surface area (Å²) in [5, 5.41) is 0. The van der Waals surface area contributed by atoms with Gasteiger partial charge in [0, 0.05) is 25.7 Å². The number of likely N-dealkylation sites (N-methyl/N-ethyl adjacent to an activating group) is 1. The Morgan fingerprint density at radius 3 is 2.13 bits per heavy atom. The zero-order valence-corrected chi connectivity index (χ0v) is 8.81. The van der Waals surface area contributed by atoms with Gasteiger partial charge in [0.25, 0.3) is 0 Å². The summed E-state index contributed by atoms with van der Waals surface area (Å²) in [7, 11) is 3.39. The SMILES string of the molecule is CN(C)C(=O)C=Cc1ccc(C=O)cc1. The molecule has 0 aliphatic heterocycles. The highest BCUT2D eigenvalue weighted by atomic mass is 16.2. The third-order valence-corrected chi connectivity index (χ3v) is 1.93. The summed E-state index contributed by atoms with van der Waals surface area (Å²) < 4.78 is 0. The molecule has 0 unspecified atom stereocenters. The molecule has 1 aromatic carbocycles. The maximum absolute atomic E-state index is 11.2. The summed E-state index contributed by atoms with van der Waals surface area (Å²) in [6.45, 7) is 0. The van der Waals surface area contributed by atoms with Gasteiger partial charge in [-0.25, -0.2) is 0 Å². The minimum absolute atomic E-state index is 0.0607. The number of rotatable bonds is 3. The third-order valence-electron chi connectivity index (χ3n) is 1.93. The first-order valence-electron chi connectivity index (χ1n) is 4.58. The van der Waals surface area contributed by atoms with Crippen molar-refractivity contribution in [2.24, 2.45) is 0 Å². The van der Waals surface area contributed by atoms with Gasteiger partial charge in [-0.15, -0.1) is 0 Å². The van der Waals surface area contributed by atoms with Crippen molar-refractivity contribution in [3.63, 3.8) is 0 Å². The van der Waals surface area contributed by atoms with Crippen molar-refractivity contribution in [2.75, 3.05) is 14.1 Å². The lowest BCUT2D eigenvalue weighted by Crippen LogP contribution is -2.18. The van der Waals surface area contributed by atoms with E-state index >= 15 is 0 Å². The number of amides is 1. The van der Waals surface area contributed by atoms with Crippen LogP contribution in [0.5, 0.6) is 0 Å². The van der Waals surface area contributed by atoms with Gasteiger partial charge in [0.2, 0.25) is 5.91 Å². The summed E-state index contributed by atoms with van der Waals surface area (Å²) in [5.41, 5.74) is 1.53. The lowest BCUT2D eigenvalue weighted by molar-refractivity contribution is -0.123. The van der Waals surface area contributed by atoms with Crippen molar-refractivity contribution in [3.8, 4) is 0 Å². The van der Waals surface area contributed by atoms with Crippen LogP contribution in [0.1, 0.15) is 15.9 Å². The molecule has 3 heteroatoms. The van der Waals surface area contributed by atoms with E-state index in [-0.39, 0.29) is 5.91 Å². The molecule has 0 aliphatic rings. The Kier molecular flexibility index (Phi) is 3.80. The van der Waals surface area contributed by atoms with Gasteiger partial charge in [0.1, 0.15) is 6.29 Å². The second-order valence-electron chi connectivity index (χ2n) is 3.35. The van der Waals surface area contributed by atoms with E-state index in [0.717, 1.165) is 11.8 Å². The summed E-state index contributed by atoms with van der Waals surface area (Å²) in [4.78, 5) is 23.1. The fourth-order valence-corrected chi connectivity index (χ4v) is 1.00. The highest BCUT2D eigenvalue weighted by molar-refractivity contribution is 5.91. The molecule has 15 heavy (non-hydrogen) atoms. The molecule has 0 saturated heterocycles. The zero-order valence-electron chi connectivity index (χ0n) is 8.81. The van der Waals surface area contributed by atoms with Crippen molar-refractivity contribution in [1.29, 1.82) is 0 Å². The van der Waals surface area contributed by atoms with Gasteiger partial charge < -0.3 is 4.90 Å². The lowest BCUT2D eigenvalue weighted by atomic mass is 10.1. The second kappa shape index (κ2) is 5.10. The molecule has 0 atom stereocenters. The first-order valence-corrected chi connectivity index (χ1v) is 4.58. The maximum Gasteiger partial charge on any atom is 0.246 e. The smallest absolute Gasteiger partial charge is 0.246 e. The molecule has 0 N–H and O–H groups in total. The van der Waals surface area contributed by atoms with E-state index in [0.29, 0.717) is 5.56 Å². The Hall–Kier alpha value is -1.90. The van der Waals surface area contributed by atoms with Crippen LogP contribution in [0.15, 0.2) is 30.3 Å². The molecule has 1 amide bonds. The molecule has 1 rings (SSSR count). The Morgan fingerprint density at radius 2 is 1.67 bits per heavy atom. The standard InChI is InChI=1S/C12H13NO2/c1-13(2)12(15)8-7-10-3-5-11(9-14)6-4-10/h3-9H,1-2H3. The van der Waals surface area contributed by atoms with Crippen molar-refractivity contribution < 1.29 is 9.59 Å². The molecule has 0 spiro atoms. The monoisotopic (exact) mass is 203 g/mol. The van der Waals surface area contributed by atoms with Crippen molar-refractivity contribution in [1.82, 2.24) is 4.90 Å². The predicted octanol–water partition coefficient (Wildman–Crippen LogP) is 1.60. The number of carbonyl (C=O) groups is 2. The van der Waals surface area contributed by atoms with Gasteiger partial charge in [-0.05, 0) is 11.6 Å². The maximum atomic E-state index is 11.2. The fourth-order valence-electron chi connectivity index (χ4n) is 1.00. The number of aldehydes is 1. The van der Waals surface area contributed by atoms with E-state index < -0.39 is 0 Å². The van der Waals surface area contributed by atoms with Crippen LogP contribution in [-0.4, -0.2) is 31.2 Å². The van der Waals surface area contributed by atoms with Crippen molar-refractivity contribution in [3.05, 3.63) is 41.5 Å².